The number of hydrogen-bond donors (Lipinski definition) is 0. The molecule has 3 atom stereocenters. The summed E-state index contributed by atoms with van der Waals surface area (Å²) in [6, 6.07) is 28.8. The van der Waals surface area contributed by atoms with Gasteiger partial charge in [0.1, 0.15) is 0 Å². The van der Waals surface area contributed by atoms with Crippen LogP contribution in [0.2, 0.25) is 0 Å². The zero-order chi connectivity index (χ0) is 28.4. The van der Waals surface area contributed by atoms with E-state index in [0.29, 0.717) is 32.8 Å². The number of hydrogen-bond acceptors (Lipinski definition) is 6. The van der Waals surface area contributed by atoms with Crippen molar-refractivity contribution in [3.63, 3.8) is 0 Å². The first kappa shape index (κ1) is 27.0. The van der Waals surface area contributed by atoms with Gasteiger partial charge >= 0.3 is 6.09 Å². The number of morpholine rings is 1. The first-order valence-corrected chi connectivity index (χ1v) is 14.0. The maximum Gasteiger partial charge on any atom is 0.409 e. The largest absolute Gasteiger partial charge is 0.450 e. The summed E-state index contributed by atoms with van der Waals surface area (Å²) in [6.07, 6.45) is -2.62. The number of fused-ring (bicyclic) bond motifs is 2. The van der Waals surface area contributed by atoms with E-state index in [0.717, 1.165) is 16.7 Å². The Kier molecular flexibility index (Phi) is 7.47. The van der Waals surface area contributed by atoms with Crippen LogP contribution in [0.4, 0.5) is 4.79 Å². The summed E-state index contributed by atoms with van der Waals surface area (Å²) in [5.41, 5.74) is 2.65. The minimum atomic E-state index is -1.31. The fourth-order valence-electron chi connectivity index (χ4n) is 5.93. The zero-order valence-corrected chi connectivity index (χ0v) is 22.9. The van der Waals surface area contributed by atoms with E-state index in [2.05, 4.69) is 0 Å². The molecule has 0 aromatic heterocycles. The van der Waals surface area contributed by atoms with Crippen LogP contribution >= 0.6 is 0 Å². The lowest BCUT2D eigenvalue weighted by molar-refractivity contribution is -0.221. The Hall–Kier alpha value is -4.21. The first-order chi connectivity index (χ1) is 20.0. The number of amides is 3. The molecule has 2 bridgehead atoms. The van der Waals surface area contributed by atoms with Gasteiger partial charge in [-0.05, 0) is 18.1 Å². The van der Waals surface area contributed by atoms with E-state index in [1.807, 2.05) is 91.0 Å². The van der Waals surface area contributed by atoms with Gasteiger partial charge < -0.3 is 28.9 Å². The zero-order valence-electron chi connectivity index (χ0n) is 22.9. The summed E-state index contributed by atoms with van der Waals surface area (Å²) in [6.45, 7) is 3.49. The lowest BCUT2D eigenvalue weighted by Crippen LogP contribution is -2.57. The van der Waals surface area contributed by atoms with Gasteiger partial charge in [0.05, 0.1) is 19.2 Å². The molecule has 9 heteroatoms. The molecule has 3 aliphatic rings. The average molecular weight is 556 g/mol. The normalized spacial score (nSPS) is 24.0. The van der Waals surface area contributed by atoms with Crippen molar-refractivity contribution in [3.05, 3.63) is 108 Å². The molecule has 0 saturated carbocycles. The molecular formula is C32H33N3O6. The quantitative estimate of drug-likeness (QED) is 0.462. The third-order valence-corrected chi connectivity index (χ3v) is 7.93. The van der Waals surface area contributed by atoms with Gasteiger partial charge in [0.25, 0.3) is 11.8 Å². The van der Waals surface area contributed by atoms with Crippen molar-refractivity contribution in [3.8, 4) is 0 Å². The van der Waals surface area contributed by atoms with Gasteiger partial charge in [0.2, 0.25) is 5.79 Å². The van der Waals surface area contributed by atoms with Gasteiger partial charge in [0, 0.05) is 31.7 Å². The summed E-state index contributed by atoms with van der Waals surface area (Å²) in [5, 5.41) is 0. The van der Waals surface area contributed by atoms with E-state index in [-0.39, 0.29) is 18.4 Å². The number of carbonyl (C=O) groups excluding carboxylic acids is 3. The summed E-state index contributed by atoms with van der Waals surface area (Å²) in [7, 11) is 0. The molecule has 0 N–H and O–H groups in total. The van der Waals surface area contributed by atoms with Crippen molar-refractivity contribution >= 4 is 17.9 Å². The number of rotatable bonds is 6. The van der Waals surface area contributed by atoms with Crippen LogP contribution in [0.25, 0.3) is 0 Å². The summed E-state index contributed by atoms with van der Waals surface area (Å²) in [4.78, 5) is 45.3. The predicted molar refractivity (Wildman–Crippen MR) is 149 cm³/mol. The Morgan fingerprint density at radius 1 is 0.829 bits per heavy atom. The van der Waals surface area contributed by atoms with Gasteiger partial charge in [0.15, 0.2) is 12.2 Å². The molecule has 9 nitrogen and oxygen atoms in total. The van der Waals surface area contributed by atoms with Gasteiger partial charge in [-0.2, -0.15) is 0 Å². The Morgan fingerprint density at radius 3 is 1.93 bits per heavy atom. The Morgan fingerprint density at radius 2 is 1.37 bits per heavy atom. The maximum absolute atomic E-state index is 14.2. The molecule has 3 aliphatic heterocycles. The van der Waals surface area contributed by atoms with Crippen LogP contribution in [0.15, 0.2) is 91.0 Å². The summed E-state index contributed by atoms with van der Waals surface area (Å²) >= 11 is 0. The standard InChI is InChI=1S/C32H33N3O6/c1-2-39-31(38)34-20-18-33(19-21-34)29(36)27-28-30(37)35(22-32(40-27,41-28)25-16-10-5-11-17-25)26(23-12-6-3-7-13-23)24-14-8-4-9-15-24/h3-17,26-28H,2,18-22H2,1H3/t27-,28-,32+/m1/s1. The van der Waals surface area contributed by atoms with E-state index in [1.54, 1.807) is 21.6 Å². The van der Waals surface area contributed by atoms with Gasteiger partial charge in [-0.25, -0.2) is 4.79 Å². The average Bonchev–Trinajstić information content (AvgIpc) is 3.37. The Labute approximate surface area is 239 Å². The second kappa shape index (κ2) is 11.3. The van der Waals surface area contributed by atoms with Crippen LogP contribution in [-0.4, -0.2) is 84.1 Å². The molecule has 3 heterocycles. The van der Waals surface area contributed by atoms with E-state index in [1.165, 1.54) is 0 Å². The highest BCUT2D eigenvalue weighted by molar-refractivity contribution is 5.93. The summed E-state index contributed by atoms with van der Waals surface area (Å²) < 4.78 is 18.0. The smallest absolute Gasteiger partial charge is 0.409 e. The van der Waals surface area contributed by atoms with Crippen molar-refractivity contribution in [1.29, 1.82) is 0 Å². The molecule has 6 rings (SSSR count). The molecule has 0 aliphatic carbocycles. The molecule has 0 spiro atoms. The highest BCUT2D eigenvalue weighted by Crippen LogP contribution is 2.46. The van der Waals surface area contributed by atoms with Crippen LogP contribution in [0.5, 0.6) is 0 Å². The Balaban J connectivity index is 1.33. The van der Waals surface area contributed by atoms with Gasteiger partial charge in [-0.1, -0.05) is 91.0 Å². The van der Waals surface area contributed by atoms with E-state index < -0.39 is 30.1 Å². The van der Waals surface area contributed by atoms with Crippen LogP contribution < -0.4 is 0 Å². The number of nitrogens with zero attached hydrogens (tertiary/aromatic N) is 3. The number of piperazine rings is 1. The molecule has 3 aromatic carbocycles. The highest BCUT2D eigenvalue weighted by atomic mass is 16.8. The Bertz CT molecular complexity index is 1340. The molecule has 41 heavy (non-hydrogen) atoms. The topological polar surface area (TPSA) is 88.6 Å². The molecular weight excluding hydrogens is 522 g/mol. The number of benzene rings is 3. The number of carbonyl (C=O) groups is 3. The van der Waals surface area contributed by atoms with Crippen LogP contribution in [-0.2, 0) is 29.6 Å². The monoisotopic (exact) mass is 555 g/mol. The molecule has 3 fully saturated rings. The van der Waals surface area contributed by atoms with Crippen LogP contribution in [0.1, 0.15) is 29.7 Å². The van der Waals surface area contributed by atoms with Gasteiger partial charge in [-0.15, -0.1) is 0 Å². The molecule has 3 saturated heterocycles. The van der Waals surface area contributed by atoms with Crippen molar-refractivity contribution in [2.75, 3.05) is 39.3 Å². The second-order valence-electron chi connectivity index (χ2n) is 10.4. The van der Waals surface area contributed by atoms with Crippen molar-refractivity contribution < 1.29 is 28.6 Å². The highest BCUT2D eigenvalue weighted by Gasteiger charge is 2.61. The molecule has 3 aromatic rings. The molecule has 212 valence electrons. The van der Waals surface area contributed by atoms with E-state index in [4.69, 9.17) is 14.2 Å². The fourth-order valence-corrected chi connectivity index (χ4v) is 5.93. The maximum atomic E-state index is 14.2. The van der Waals surface area contributed by atoms with E-state index in [9.17, 15) is 14.4 Å². The lowest BCUT2D eigenvalue weighted by atomic mass is 9.94. The van der Waals surface area contributed by atoms with Gasteiger partial charge in [-0.3, -0.25) is 9.59 Å². The van der Waals surface area contributed by atoms with Crippen molar-refractivity contribution in [1.82, 2.24) is 14.7 Å². The molecule has 0 radical (unpaired) electrons. The lowest BCUT2D eigenvalue weighted by Gasteiger charge is -2.42. The summed E-state index contributed by atoms with van der Waals surface area (Å²) in [5.74, 6) is -1.92. The molecule has 3 amide bonds. The third-order valence-electron chi connectivity index (χ3n) is 7.93. The number of ether oxygens (including phenoxy) is 3. The third kappa shape index (κ3) is 5.07. The van der Waals surface area contributed by atoms with Crippen LogP contribution in [0.3, 0.4) is 0 Å². The minimum Gasteiger partial charge on any atom is -0.450 e. The molecule has 0 unspecified atom stereocenters. The van der Waals surface area contributed by atoms with Crippen molar-refractivity contribution in [2.24, 2.45) is 0 Å². The van der Waals surface area contributed by atoms with E-state index >= 15 is 0 Å². The fraction of sp³-hybridized carbons (Fsp3) is 0.344. The second-order valence-corrected chi connectivity index (χ2v) is 10.4. The van der Waals surface area contributed by atoms with Crippen molar-refractivity contribution in [2.45, 2.75) is 31.0 Å². The SMILES string of the molecule is CCOC(=O)N1CCN(C(=O)[C@@H]2O[C@@]3(c4ccccc4)CN(C(c4ccccc4)c4ccccc4)C(=O)[C@@H]2O3)CC1. The van der Waals surface area contributed by atoms with Crippen LogP contribution in [0, 0.1) is 0 Å². The first-order valence-electron chi connectivity index (χ1n) is 14.0. The minimum absolute atomic E-state index is 0.112. The predicted octanol–water partition coefficient (Wildman–Crippen LogP) is 3.56.